The molecule has 0 aliphatic heterocycles. The Morgan fingerprint density at radius 2 is 1.92 bits per heavy atom. The van der Waals surface area contributed by atoms with Gasteiger partial charge in [-0.15, -0.1) is 0 Å². The number of anilines is 1. The van der Waals surface area contributed by atoms with Crippen LogP contribution >= 0.6 is 0 Å². The molecule has 3 N–H and O–H groups in total. The summed E-state index contributed by atoms with van der Waals surface area (Å²) in [6.07, 6.45) is 2.35. The van der Waals surface area contributed by atoms with Crippen molar-refractivity contribution in [3.63, 3.8) is 0 Å². The smallest absolute Gasteiger partial charge is 0.315 e. The lowest BCUT2D eigenvalue weighted by atomic mass is 10.1. The van der Waals surface area contributed by atoms with Crippen LogP contribution in [-0.2, 0) is 0 Å². The Labute approximate surface area is 142 Å². The second-order valence-corrected chi connectivity index (χ2v) is 7.28. The van der Waals surface area contributed by atoms with Gasteiger partial charge in [0.05, 0.1) is 5.52 Å². The first-order chi connectivity index (χ1) is 11.4. The van der Waals surface area contributed by atoms with Gasteiger partial charge in [-0.3, -0.25) is 0 Å². The third-order valence-corrected chi connectivity index (χ3v) is 3.75. The summed E-state index contributed by atoms with van der Waals surface area (Å²) in [6, 6.07) is 7.86. The number of aromatic nitrogens is 2. The molecule has 1 aromatic carbocycles. The molecule has 2 aromatic rings. The van der Waals surface area contributed by atoms with Gasteiger partial charge in [-0.25, -0.2) is 14.8 Å². The van der Waals surface area contributed by atoms with Gasteiger partial charge in [-0.1, -0.05) is 12.1 Å². The molecule has 3 rings (SSSR count). The molecule has 0 unspecified atom stereocenters. The van der Waals surface area contributed by atoms with Crippen molar-refractivity contribution in [2.24, 2.45) is 0 Å². The van der Waals surface area contributed by atoms with E-state index in [0.717, 1.165) is 22.5 Å². The fraction of sp³-hybridized carbons (Fsp3) is 0.500. The molecule has 1 aliphatic rings. The zero-order chi connectivity index (χ0) is 17.2. The van der Waals surface area contributed by atoms with E-state index in [1.54, 1.807) is 0 Å². The second-order valence-electron chi connectivity index (χ2n) is 7.28. The minimum absolute atomic E-state index is 0.157. The normalized spacial score (nSPS) is 14.5. The summed E-state index contributed by atoms with van der Waals surface area (Å²) in [6.45, 7) is 7.01. The van der Waals surface area contributed by atoms with E-state index in [4.69, 9.17) is 0 Å². The van der Waals surface area contributed by atoms with E-state index in [9.17, 15) is 4.79 Å². The highest BCUT2D eigenvalue weighted by molar-refractivity contribution is 5.89. The summed E-state index contributed by atoms with van der Waals surface area (Å²) in [4.78, 5) is 21.1. The number of hydrogen-bond acceptors (Lipinski definition) is 4. The van der Waals surface area contributed by atoms with Crippen molar-refractivity contribution < 1.29 is 4.79 Å². The molecule has 128 valence electrons. The largest absolute Gasteiger partial charge is 0.368 e. The molecule has 1 fully saturated rings. The molecule has 24 heavy (non-hydrogen) atoms. The Morgan fingerprint density at radius 1 is 1.17 bits per heavy atom. The molecular formula is C18H25N5O. The number of benzene rings is 1. The maximum atomic E-state index is 11.8. The van der Waals surface area contributed by atoms with Crippen LogP contribution in [-0.4, -0.2) is 34.6 Å². The van der Waals surface area contributed by atoms with E-state index in [0.29, 0.717) is 19.0 Å². The van der Waals surface area contributed by atoms with Crippen molar-refractivity contribution in [2.45, 2.75) is 45.1 Å². The molecule has 1 saturated carbocycles. The van der Waals surface area contributed by atoms with Gasteiger partial charge >= 0.3 is 6.03 Å². The maximum absolute atomic E-state index is 11.8. The fourth-order valence-corrected chi connectivity index (χ4v) is 2.50. The van der Waals surface area contributed by atoms with Gasteiger partial charge in [0.1, 0.15) is 11.6 Å². The lowest BCUT2D eigenvalue weighted by Crippen LogP contribution is -2.47. The fourth-order valence-electron chi connectivity index (χ4n) is 2.50. The summed E-state index contributed by atoms with van der Waals surface area (Å²) in [5, 5.41) is 10.1. The van der Waals surface area contributed by atoms with E-state index in [1.165, 1.54) is 12.8 Å². The number of hydrogen-bond donors (Lipinski definition) is 3. The molecule has 0 bridgehead atoms. The van der Waals surface area contributed by atoms with Crippen LogP contribution in [0.5, 0.6) is 0 Å². The molecule has 2 amide bonds. The van der Waals surface area contributed by atoms with Crippen molar-refractivity contribution in [3.05, 3.63) is 30.1 Å². The van der Waals surface area contributed by atoms with E-state index < -0.39 is 0 Å². The summed E-state index contributed by atoms with van der Waals surface area (Å²) in [5.41, 5.74) is 0.731. The van der Waals surface area contributed by atoms with Gasteiger partial charge in [0.25, 0.3) is 0 Å². The second kappa shape index (κ2) is 6.63. The van der Waals surface area contributed by atoms with Crippen LogP contribution < -0.4 is 16.0 Å². The van der Waals surface area contributed by atoms with Gasteiger partial charge in [0, 0.05) is 29.9 Å². The summed E-state index contributed by atoms with van der Waals surface area (Å²) < 4.78 is 0. The molecule has 1 aliphatic carbocycles. The lowest BCUT2D eigenvalue weighted by molar-refractivity contribution is 0.232. The van der Waals surface area contributed by atoms with Gasteiger partial charge < -0.3 is 16.0 Å². The number of rotatable bonds is 5. The number of nitrogens with zero attached hydrogens (tertiary/aromatic N) is 2. The monoisotopic (exact) mass is 327 g/mol. The predicted octanol–water partition coefficient (Wildman–Crippen LogP) is 3.02. The Bertz CT molecular complexity index is 734. The average Bonchev–Trinajstić information content (AvgIpc) is 3.34. The quantitative estimate of drug-likeness (QED) is 0.738. The number of urea groups is 1. The average molecular weight is 327 g/mol. The number of carbonyl (C=O) groups excluding carboxylic acids is 1. The molecule has 1 aromatic heterocycles. The Balaban J connectivity index is 1.61. The topological polar surface area (TPSA) is 78.9 Å². The SMILES string of the molecule is CC(C)(C)NC(=O)NCCNc1nc(C2CC2)nc2ccccc12. The van der Waals surface area contributed by atoms with E-state index >= 15 is 0 Å². The first-order valence-corrected chi connectivity index (χ1v) is 8.49. The summed E-state index contributed by atoms with van der Waals surface area (Å²) >= 11 is 0. The van der Waals surface area contributed by atoms with E-state index in [-0.39, 0.29) is 11.6 Å². The highest BCUT2D eigenvalue weighted by Gasteiger charge is 2.27. The number of carbonyl (C=O) groups is 1. The van der Waals surface area contributed by atoms with Crippen molar-refractivity contribution in [2.75, 3.05) is 18.4 Å². The van der Waals surface area contributed by atoms with E-state index in [1.807, 2.05) is 45.0 Å². The summed E-state index contributed by atoms with van der Waals surface area (Å²) in [5.74, 6) is 2.28. The van der Waals surface area contributed by atoms with Crippen LogP contribution in [0.1, 0.15) is 45.4 Å². The number of nitrogens with one attached hydrogen (secondary N) is 3. The molecule has 6 nitrogen and oxygen atoms in total. The minimum atomic E-state index is -0.237. The van der Waals surface area contributed by atoms with Crippen LogP contribution in [0.2, 0.25) is 0 Å². The number of para-hydroxylation sites is 1. The number of amides is 2. The lowest BCUT2D eigenvalue weighted by Gasteiger charge is -2.20. The van der Waals surface area contributed by atoms with Crippen molar-refractivity contribution in [1.82, 2.24) is 20.6 Å². The van der Waals surface area contributed by atoms with Crippen LogP contribution in [0.25, 0.3) is 10.9 Å². The Hall–Kier alpha value is -2.37. The molecule has 0 spiro atoms. The predicted molar refractivity (Wildman–Crippen MR) is 96.3 cm³/mol. The van der Waals surface area contributed by atoms with Crippen LogP contribution in [0.3, 0.4) is 0 Å². The van der Waals surface area contributed by atoms with Crippen LogP contribution in [0, 0.1) is 0 Å². The minimum Gasteiger partial charge on any atom is -0.368 e. The third kappa shape index (κ3) is 4.34. The molecule has 6 heteroatoms. The summed E-state index contributed by atoms with van der Waals surface area (Å²) in [7, 11) is 0. The zero-order valence-corrected chi connectivity index (χ0v) is 14.5. The van der Waals surface area contributed by atoms with Gasteiger partial charge in [-0.05, 0) is 45.7 Å². The van der Waals surface area contributed by atoms with Gasteiger partial charge in [0.2, 0.25) is 0 Å². The Kier molecular flexibility index (Phi) is 4.55. The van der Waals surface area contributed by atoms with Crippen molar-refractivity contribution in [1.29, 1.82) is 0 Å². The van der Waals surface area contributed by atoms with Crippen molar-refractivity contribution >= 4 is 22.8 Å². The Morgan fingerprint density at radius 3 is 2.62 bits per heavy atom. The molecule has 0 radical (unpaired) electrons. The maximum Gasteiger partial charge on any atom is 0.315 e. The van der Waals surface area contributed by atoms with Crippen molar-refractivity contribution in [3.8, 4) is 0 Å². The highest BCUT2D eigenvalue weighted by Crippen LogP contribution is 2.39. The first kappa shape index (κ1) is 16.5. The van der Waals surface area contributed by atoms with Crippen LogP contribution in [0.15, 0.2) is 24.3 Å². The highest BCUT2D eigenvalue weighted by atomic mass is 16.2. The molecular weight excluding hydrogens is 302 g/mol. The van der Waals surface area contributed by atoms with Gasteiger partial charge in [0.15, 0.2) is 0 Å². The third-order valence-electron chi connectivity index (χ3n) is 3.75. The first-order valence-electron chi connectivity index (χ1n) is 8.49. The van der Waals surface area contributed by atoms with Crippen LogP contribution in [0.4, 0.5) is 10.6 Å². The molecule has 0 atom stereocenters. The standard InChI is InChI=1S/C18H25N5O/c1-18(2,3)23-17(24)20-11-10-19-16-13-6-4-5-7-14(13)21-15(22-16)12-8-9-12/h4-7,12H,8-11H2,1-3H3,(H,19,21,22)(H2,20,23,24). The number of fused-ring (bicyclic) bond motifs is 1. The molecule has 0 saturated heterocycles. The molecule has 1 heterocycles. The van der Waals surface area contributed by atoms with Gasteiger partial charge in [-0.2, -0.15) is 0 Å². The zero-order valence-electron chi connectivity index (χ0n) is 14.5. The van der Waals surface area contributed by atoms with E-state index in [2.05, 4.69) is 25.9 Å².